The van der Waals surface area contributed by atoms with Crippen LogP contribution in [0.5, 0.6) is 0 Å². The van der Waals surface area contributed by atoms with Gasteiger partial charge in [-0.15, -0.1) is 0 Å². The zero-order valence-electron chi connectivity index (χ0n) is 14.0. The molecule has 132 valence electrons. The van der Waals surface area contributed by atoms with E-state index >= 15 is 0 Å². The fourth-order valence-electron chi connectivity index (χ4n) is 2.48. The van der Waals surface area contributed by atoms with Gasteiger partial charge in [0.1, 0.15) is 5.69 Å². The molecule has 7 heteroatoms. The van der Waals surface area contributed by atoms with Gasteiger partial charge in [-0.05, 0) is 48.5 Å². The third kappa shape index (κ3) is 3.70. The van der Waals surface area contributed by atoms with Crippen molar-refractivity contribution in [3.63, 3.8) is 0 Å². The highest BCUT2D eigenvalue weighted by atomic mass is 35.5. The van der Waals surface area contributed by atoms with E-state index in [0.29, 0.717) is 33.7 Å². The van der Waals surface area contributed by atoms with Crippen LogP contribution in [0.1, 0.15) is 10.5 Å². The molecule has 0 saturated heterocycles. The molecule has 0 atom stereocenters. The average molecular weight is 377 g/mol. The van der Waals surface area contributed by atoms with Crippen LogP contribution in [0.15, 0.2) is 77.4 Å². The highest BCUT2D eigenvalue weighted by molar-refractivity contribution is 6.33. The molecule has 0 aliphatic carbocycles. The van der Waals surface area contributed by atoms with Gasteiger partial charge in [-0.25, -0.2) is 0 Å². The van der Waals surface area contributed by atoms with E-state index in [1.807, 2.05) is 18.2 Å². The molecule has 0 spiro atoms. The maximum Gasteiger partial charge on any atom is 0.274 e. The van der Waals surface area contributed by atoms with Gasteiger partial charge >= 0.3 is 0 Å². The molecule has 2 heterocycles. The smallest absolute Gasteiger partial charge is 0.274 e. The van der Waals surface area contributed by atoms with Crippen molar-refractivity contribution in [3.05, 3.63) is 83.6 Å². The van der Waals surface area contributed by atoms with Crippen molar-refractivity contribution >= 4 is 23.2 Å². The van der Waals surface area contributed by atoms with Crippen LogP contribution < -0.4 is 5.32 Å². The summed E-state index contributed by atoms with van der Waals surface area (Å²) in [4.78, 5) is 20.5. The maximum absolute atomic E-state index is 12.1. The molecule has 2 aromatic heterocycles. The second-order valence-electron chi connectivity index (χ2n) is 5.65. The number of carbonyl (C=O) groups excluding carboxylic acids is 1. The summed E-state index contributed by atoms with van der Waals surface area (Å²) in [5, 5.41) is 7.33. The third-order valence-corrected chi connectivity index (χ3v) is 4.16. The van der Waals surface area contributed by atoms with Gasteiger partial charge in [0, 0.05) is 23.0 Å². The van der Waals surface area contributed by atoms with E-state index in [0.717, 1.165) is 5.56 Å². The zero-order valence-corrected chi connectivity index (χ0v) is 14.7. The van der Waals surface area contributed by atoms with Crippen LogP contribution in [0, 0.1) is 0 Å². The fourth-order valence-corrected chi connectivity index (χ4v) is 2.70. The Hall–Kier alpha value is -3.51. The van der Waals surface area contributed by atoms with Crippen molar-refractivity contribution in [2.24, 2.45) is 0 Å². The molecule has 2 aromatic carbocycles. The van der Waals surface area contributed by atoms with Crippen LogP contribution in [0.4, 0.5) is 5.69 Å². The quantitative estimate of drug-likeness (QED) is 0.558. The Morgan fingerprint density at radius 2 is 1.74 bits per heavy atom. The molecule has 0 aliphatic heterocycles. The summed E-state index contributed by atoms with van der Waals surface area (Å²) in [7, 11) is 0. The number of hydrogen-bond donors (Lipinski definition) is 1. The van der Waals surface area contributed by atoms with E-state index in [4.69, 9.17) is 16.1 Å². The predicted molar refractivity (Wildman–Crippen MR) is 102 cm³/mol. The summed E-state index contributed by atoms with van der Waals surface area (Å²) in [5.74, 6) is 0.512. The number of pyridine rings is 1. The summed E-state index contributed by atoms with van der Waals surface area (Å²) < 4.78 is 5.33. The molecule has 1 N–H and O–H groups in total. The number of halogens is 1. The van der Waals surface area contributed by atoms with E-state index < -0.39 is 0 Å². The highest BCUT2D eigenvalue weighted by Crippen LogP contribution is 2.28. The maximum atomic E-state index is 12.1. The monoisotopic (exact) mass is 376 g/mol. The summed E-state index contributed by atoms with van der Waals surface area (Å²) in [5.41, 5.74) is 2.42. The molecule has 0 fully saturated rings. The molecular weight excluding hydrogens is 364 g/mol. The number of amides is 1. The van der Waals surface area contributed by atoms with Crippen LogP contribution in [0.25, 0.3) is 22.8 Å². The van der Waals surface area contributed by atoms with Gasteiger partial charge in [0.15, 0.2) is 0 Å². The first-order chi connectivity index (χ1) is 13.2. The fraction of sp³-hybridized carbons (Fsp3) is 0. The topological polar surface area (TPSA) is 80.9 Å². The van der Waals surface area contributed by atoms with Crippen LogP contribution in [-0.2, 0) is 0 Å². The van der Waals surface area contributed by atoms with Gasteiger partial charge in [-0.2, -0.15) is 4.98 Å². The zero-order chi connectivity index (χ0) is 18.6. The Morgan fingerprint density at radius 1 is 0.963 bits per heavy atom. The number of carbonyl (C=O) groups is 1. The normalized spacial score (nSPS) is 10.6. The van der Waals surface area contributed by atoms with Crippen LogP contribution in [0.2, 0.25) is 5.02 Å². The van der Waals surface area contributed by atoms with Crippen molar-refractivity contribution in [3.8, 4) is 22.8 Å². The Balaban J connectivity index is 1.51. The van der Waals surface area contributed by atoms with Crippen LogP contribution in [-0.4, -0.2) is 21.0 Å². The van der Waals surface area contributed by atoms with Crippen molar-refractivity contribution < 1.29 is 9.32 Å². The number of benzene rings is 2. The SMILES string of the molecule is O=C(Nc1ccc(-c2nc(-c3ccccc3Cl)no2)cc1)c1ccccn1. The lowest BCUT2D eigenvalue weighted by molar-refractivity contribution is 0.102. The Kier molecular flexibility index (Phi) is 4.63. The van der Waals surface area contributed by atoms with Gasteiger partial charge in [-0.3, -0.25) is 9.78 Å². The third-order valence-electron chi connectivity index (χ3n) is 3.83. The largest absolute Gasteiger partial charge is 0.334 e. The minimum Gasteiger partial charge on any atom is -0.334 e. The second-order valence-corrected chi connectivity index (χ2v) is 6.06. The molecule has 4 aromatic rings. The van der Waals surface area contributed by atoms with E-state index in [-0.39, 0.29) is 5.91 Å². The van der Waals surface area contributed by atoms with Gasteiger partial charge in [0.2, 0.25) is 5.82 Å². The molecule has 0 aliphatic rings. The van der Waals surface area contributed by atoms with Crippen LogP contribution in [0.3, 0.4) is 0 Å². The second kappa shape index (κ2) is 7.39. The first-order valence-corrected chi connectivity index (χ1v) is 8.50. The first-order valence-electron chi connectivity index (χ1n) is 8.12. The number of hydrogen-bond acceptors (Lipinski definition) is 5. The lowest BCUT2D eigenvalue weighted by Gasteiger charge is -2.04. The van der Waals surface area contributed by atoms with E-state index in [1.54, 1.807) is 54.7 Å². The number of nitrogens with one attached hydrogen (secondary N) is 1. The van der Waals surface area contributed by atoms with E-state index in [2.05, 4.69) is 20.4 Å². The van der Waals surface area contributed by atoms with Gasteiger partial charge in [0.25, 0.3) is 11.8 Å². The Labute approximate surface area is 159 Å². The van der Waals surface area contributed by atoms with Crippen molar-refractivity contribution in [1.29, 1.82) is 0 Å². The average Bonchev–Trinajstić information content (AvgIpc) is 3.19. The van der Waals surface area contributed by atoms with E-state index in [9.17, 15) is 4.79 Å². The lowest BCUT2D eigenvalue weighted by Crippen LogP contribution is -2.13. The summed E-state index contributed by atoms with van der Waals surface area (Å²) in [6.07, 6.45) is 1.57. The standard InChI is InChI=1S/C20H13ClN4O2/c21-16-6-2-1-5-15(16)18-24-20(27-25-18)13-8-10-14(11-9-13)23-19(26)17-7-3-4-12-22-17/h1-12H,(H,23,26). The minimum absolute atomic E-state index is 0.276. The number of nitrogens with zero attached hydrogens (tertiary/aromatic N) is 3. The number of rotatable bonds is 4. The molecule has 0 unspecified atom stereocenters. The van der Waals surface area contributed by atoms with Crippen LogP contribution >= 0.6 is 11.6 Å². The molecule has 6 nitrogen and oxygen atoms in total. The van der Waals surface area contributed by atoms with Crippen molar-refractivity contribution in [1.82, 2.24) is 15.1 Å². The van der Waals surface area contributed by atoms with Gasteiger partial charge in [-0.1, -0.05) is 35.0 Å². The number of aromatic nitrogens is 3. The molecule has 1 amide bonds. The predicted octanol–water partition coefficient (Wildman–Crippen LogP) is 4.70. The summed E-state index contributed by atoms with van der Waals surface area (Å²) >= 11 is 6.17. The molecular formula is C20H13ClN4O2. The molecule has 0 radical (unpaired) electrons. The Bertz CT molecular complexity index is 1080. The highest BCUT2D eigenvalue weighted by Gasteiger charge is 2.13. The Morgan fingerprint density at radius 3 is 2.48 bits per heavy atom. The molecule has 4 rings (SSSR count). The molecule has 0 bridgehead atoms. The van der Waals surface area contributed by atoms with Crippen molar-refractivity contribution in [2.75, 3.05) is 5.32 Å². The lowest BCUT2D eigenvalue weighted by atomic mass is 10.2. The van der Waals surface area contributed by atoms with Gasteiger partial charge < -0.3 is 9.84 Å². The number of anilines is 1. The van der Waals surface area contributed by atoms with Gasteiger partial charge in [0.05, 0.1) is 5.02 Å². The van der Waals surface area contributed by atoms with E-state index in [1.165, 1.54) is 0 Å². The first kappa shape index (κ1) is 16.9. The summed E-state index contributed by atoms with van der Waals surface area (Å²) in [6.45, 7) is 0. The molecule has 27 heavy (non-hydrogen) atoms. The summed E-state index contributed by atoms with van der Waals surface area (Å²) in [6, 6.07) is 19.6. The molecule has 0 saturated carbocycles. The van der Waals surface area contributed by atoms with Crippen molar-refractivity contribution in [2.45, 2.75) is 0 Å². The minimum atomic E-state index is -0.276.